The molecule has 0 aliphatic carbocycles. The molecule has 0 rings (SSSR count). The number of rotatable bonds is 21. The predicted molar refractivity (Wildman–Crippen MR) is 134 cm³/mol. The van der Waals surface area contributed by atoms with E-state index >= 15 is 0 Å². The van der Waals surface area contributed by atoms with Crippen molar-refractivity contribution in [1.29, 1.82) is 0 Å². The van der Waals surface area contributed by atoms with Gasteiger partial charge in [-0.15, -0.1) is 0 Å². The van der Waals surface area contributed by atoms with Gasteiger partial charge in [-0.05, 0) is 33.1 Å². The van der Waals surface area contributed by atoms with Crippen LogP contribution in [-0.2, 0) is 0 Å². The minimum absolute atomic E-state index is 0. The van der Waals surface area contributed by atoms with Gasteiger partial charge in [-0.2, -0.15) is 0 Å². The van der Waals surface area contributed by atoms with Gasteiger partial charge < -0.3 is 21.5 Å². The Morgan fingerprint density at radius 3 is 1.17 bits per heavy atom. The standard InChI is InChI=1S/C26H58NSi.BrH/c1-7-10-11-12-13-14-15-16-17-18-19-20-21-22-24-27(8-2,9-3)25-23-26-28(4,5)6;/h7-26H2,1-6H3;1H/q+1;/p-1. The van der Waals surface area contributed by atoms with Crippen LogP contribution >= 0.6 is 0 Å². The molecule has 0 aliphatic rings. The van der Waals surface area contributed by atoms with Gasteiger partial charge in [0.05, 0.1) is 26.2 Å². The van der Waals surface area contributed by atoms with Gasteiger partial charge in [-0.1, -0.05) is 110 Å². The molecule has 0 aromatic heterocycles. The molecule has 29 heavy (non-hydrogen) atoms. The Morgan fingerprint density at radius 2 is 0.828 bits per heavy atom. The van der Waals surface area contributed by atoms with Crippen molar-refractivity contribution in [2.45, 2.75) is 143 Å². The average Bonchev–Trinajstić information content (AvgIpc) is 2.66. The molecule has 0 saturated carbocycles. The molecule has 0 saturated heterocycles. The maximum absolute atomic E-state index is 2.52. The lowest BCUT2D eigenvalue weighted by Gasteiger charge is -2.37. The van der Waals surface area contributed by atoms with Crippen molar-refractivity contribution in [3.63, 3.8) is 0 Å². The Labute approximate surface area is 198 Å². The summed E-state index contributed by atoms with van der Waals surface area (Å²) in [5.74, 6) is 0. The average molecular weight is 493 g/mol. The van der Waals surface area contributed by atoms with Crippen molar-refractivity contribution in [2.24, 2.45) is 0 Å². The molecule has 0 unspecified atom stereocenters. The minimum atomic E-state index is -0.866. The fraction of sp³-hybridized carbons (Fsp3) is 1.00. The first kappa shape index (κ1) is 31.8. The van der Waals surface area contributed by atoms with Gasteiger partial charge in [-0.3, -0.25) is 0 Å². The van der Waals surface area contributed by atoms with E-state index in [0.29, 0.717) is 0 Å². The predicted octanol–water partition coefficient (Wildman–Crippen LogP) is 6.06. The second-order valence-electron chi connectivity index (χ2n) is 10.7. The number of hydrogen-bond donors (Lipinski definition) is 0. The van der Waals surface area contributed by atoms with E-state index in [1.54, 1.807) is 0 Å². The molecule has 0 aliphatic heterocycles. The van der Waals surface area contributed by atoms with Crippen molar-refractivity contribution < 1.29 is 21.5 Å². The lowest BCUT2D eigenvalue weighted by molar-refractivity contribution is -0.925. The van der Waals surface area contributed by atoms with Crippen molar-refractivity contribution in [3.8, 4) is 0 Å². The van der Waals surface area contributed by atoms with Crippen LogP contribution in [0.1, 0.15) is 117 Å². The summed E-state index contributed by atoms with van der Waals surface area (Å²) < 4.78 is 1.38. The highest BCUT2D eigenvalue weighted by Crippen LogP contribution is 2.18. The Balaban J connectivity index is 0. The molecule has 178 valence electrons. The molecular weight excluding hydrogens is 434 g/mol. The van der Waals surface area contributed by atoms with E-state index in [1.807, 2.05) is 0 Å². The normalized spacial score (nSPS) is 12.2. The van der Waals surface area contributed by atoms with Crippen LogP contribution in [0, 0.1) is 0 Å². The summed E-state index contributed by atoms with van der Waals surface area (Å²) in [6, 6.07) is 1.51. The topological polar surface area (TPSA) is 0 Å². The number of unbranched alkanes of at least 4 members (excludes halogenated alkanes) is 13. The molecular formula is C26H58BrNSi. The smallest absolute Gasteiger partial charge is 0.0786 e. The molecule has 0 atom stereocenters. The summed E-state index contributed by atoms with van der Waals surface area (Å²) in [5, 5.41) is 0. The summed E-state index contributed by atoms with van der Waals surface area (Å²) in [7, 11) is -0.866. The molecule has 1 nitrogen and oxygen atoms in total. The van der Waals surface area contributed by atoms with Crippen molar-refractivity contribution in [3.05, 3.63) is 0 Å². The molecule has 0 radical (unpaired) electrons. The van der Waals surface area contributed by atoms with Crippen molar-refractivity contribution >= 4 is 8.07 Å². The third-order valence-corrected chi connectivity index (χ3v) is 8.74. The van der Waals surface area contributed by atoms with E-state index in [2.05, 4.69) is 40.4 Å². The largest absolute Gasteiger partial charge is 1.00 e. The van der Waals surface area contributed by atoms with Gasteiger partial charge in [0, 0.05) is 8.07 Å². The molecule has 0 N–H and O–H groups in total. The highest BCUT2D eigenvalue weighted by Gasteiger charge is 2.23. The highest BCUT2D eigenvalue weighted by molar-refractivity contribution is 6.76. The fourth-order valence-electron chi connectivity index (χ4n) is 4.55. The monoisotopic (exact) mass is 491 g/mol. The van der Waals surface area contributed by atoms with E-state index in [-0.39, 0.29) is 17.0 Å². The van der Waals surface area contributed by atoms with Crippen LogP contribution in [0.5, 0.6) is 0 Å². The Morgan fingerprint density at radius 1 is 0.483 bits per heavy atom. The molecule has 0 heterocycles. The van der Waals surface area contributed by atoms with Crippen molar-refractivity contribution in [1.82, 2.24) is 0 Å². The van der Waals surface area contributed by atoms with Crippen LogP contribution in [0.2, 0.25) is 25.7 Å². The second kappa shape index (κ2) is 20.6. The summed E-state index contributed by atoms with van der Waals surface area (Å²) in [6.07, 6.45) is 22.0. The van der Waals surface area contributed by atoms with Gasteiger partial charge in [0.1, 0.15) is 0 Å². The van der Waals surface area contributed by atoms with Crippen LogP contribution in [0.15, 0.2) is 0 Å². The number of nitrogens with zero attached hydrogens (tertiary/aromatic N) is 1. The van der Waals surface area contributed by atoms with Crippen LogP contribution in [0.4, 0.5) is 0 Å². The molecule has 0 fully saturated rings. The molecule has 0 aromatic rings. The van der Waals surface area contributed by atoms with Gasteiger partial charge in [0.2, 0.25) is 0 Å². The zero-order valence-corrected chi connectivity index (χ0v) is 24.1. The van der Waals surface area contributed by atoms with E-state index in [0.717, 1.165) is 0 Å². The lowest BCUT2D eigenvalue weighted by atomic mass is 10.0. The van der Waals surface area contributed by atoms with Crippen LogP contribution in [-0.4, -0.2) is 38.7 Å². The zero-order chi connectivity index (χ0) is 21.1. The first-order valence-corrected chi connectivity index (χ1v) is 16.9. The Hall–Kier alpha value is 0.657. The minimum Gasteiger partial charge on any atom is -1.00 e. The SMILES string of the molecule is CCCCCCCCCCCCCCCC[N+](CC)(CC)CCC[Si](C)(C)C.[Br-]. The fourth-order valence-corrected chi connectivity index (χ4v) is 5.77. The summed E-state index contributed by atoms with van der Waals surface area (Å²) in [4.78, 5) is 0. The van der Waals surface area contributed by atoms with Gasteiger partial charge >= 0.3 is 0 Å². The zero-order valence-electron chi connectivity index (χ0n) is 21.5. The van der Waals surface area contributed by atoms with Gasteiger partial charge in [0.15, 0.2) is 0 Å². The Kier molecular flexibility index (Phi) is 22.6. The maximum Gasteiger partial charge on any atom is 0.0786 e. The summed E-state index contributed by atoms with van der Waals surface area (Å²) in [5.41, 5.74) is 0. The summed E-state index contributed by atoms with van der Waals surface area (Å²) >= 11 is 0. The first-order valence-electron chi connectivity index (χ1n) is 13.2. The third kappa shape index (κ3) is 20.3. The highest BCUT2D eigenvalue weighted by atomic mass is 79.9. The number of quaternary nitrogens is 1. The molecule has 0 bridgehead atoms. The van der Waals surface area contributed by atoms with Gasteiger partial charge in [0.25, 0.3) is 0 Å². The van der Waals surface area contributed by atoms with E-state index in [4.69, 9.17) is 0 Å². The Bertz CT molecular complexity index is 323. The van der Waals surface area contributed by atoms with Crippen LogP contribution < -0.4 is 17.0 Å². The first-order chi connectivity index (χ1) is 13.4. The van der Waals surface area contributed by atoms with E-state index < -0.39 is 8.07 Å². The number of halogens is 1. The van der Waals surface area contributed by atoms with Crippen LogP contribution in [0.25, 0.3) is 0 Å². The van der Waals surface area contributed by atoms with Crippen molar-refractivity contribution in [2.75, 3.05) is 26.2 Å². The van der Waals surface area contributed by atoms with Crippen LogP contribution in [0.3, 0.4) is 0 Å². The maximum atomic E-state index is 2.52. The van der Waals surface area contributed by atoms with Gasteiger partial charge in [-0.25, -0.2) is 0 Å². The molecule has 0 amide bonds. The number of hydrogen-bond acceptors (Lipinski definition) is 0. The lowest BCUT2D eigenvalue weighted by Crippen LogP contribution is -3.00. The molecule has 3 heteroatoms. The second-order valence-corrected chi connectivity index (χ2v) is 16.3. The third-order valence-electron chi connectivity index (χ3n) is 6.89. The van der Waals surface area contributed by atoms with E-state index in [1.165, 1.54) is 133 Å². The summed E-state index contributed by atoms with van der Waals surface area (Å²) in [6.45, 7) is 20.2. The molecule has 0 spiro atoms. The van der Waals surface area contributed by atoms with E-state index in [9.17, 15) is 0 Å². The quantitative estimate of drug-likeness (QED) is 0.104. The molecule has 0 aromatic carbocycles.